The topological polar surface area (TPSA) is 44.1 Å². The molecule has 0 aliphatic rings. The maximum atomic E-state index is 12.9. The minimum absolute atomic E-state index is 0.00868. The summed E-state index contributed by atoms with van der Waals surface area (Å²) in [5.41, 5.74) is 2.81. The summed E-state index contributed by atoms with van der Waals surface area (Å²) in [7, 11) is 1.81. The van der Waals surface area contributed by atoms with Crippen molar-refractivity contribution in [1.82, 2.24) is 9.55 Å². The molecule has 2 heterocycles. The molecule has 4 nitrogen and oxygen atoms in total. The lowest BCUT2D eigenvalue weighted by Crippen LogP contribution is -2.18. The van der Waals surface area contributed by atoms with Crippen molar-refractivity contribution in [2.24, 2.45) is 13.0 Å². The third-order valence-corrected chi connectivity index (χ3v) is 4.77. The minimum atomic E-state index is -0.00868. The highest BCUT2D eigenvalue weighted by atomic mass is 16.5. The van der Waals surface area contributed by atoms with Gasteiger partial charge in [-0.3, -0.25) is 9.78 Å². The van der Waals surface area contributed by atoms with Crippen LogP contribution >= 0.6 is 0 Å². The smallest absolute Gasteiger partial charge is 0.258 e. The van der Waals surface area contributed by atoms with E-state index in [9.17, 15) is 4.79 Å². The molecule has 0 aliphatic heterocycles. The number of aromatic nitrogens is 2. The first-order chi connectivity index (χ1) is 11.9. The van der Waals surface area contributed by atoms with E-state index in [-0.39, 0.29) is 5.56 Å². The first-order valence-electron chi connectivity index (χ1n) is 8.91. The number of fused-ring (bicyclic) bond motifs is 3. The second kappa shape index (κ2) is 6.87. The molecule has 132 valence electrons. The van der Waals surface area contributed by atoms with Crippen molar-refractivity contribution >= 4 is 21.7 Å². The van der Waals surface area contributed by atoms with Crippen molar-refractivity contribution in [1.29, 1.82) is 0 Å². The van der Waals surface area contributed by atoms with Crippen molar-refractivity contribution in [3.63, 3.8) is 0 Å². The molecule has 0 unspecified atom stereocenters. The lowest BCUT2D eigenvalue weighted by molar-refractivity contribution is 0.296. The molecular weight excluding hydrogens is 312 g/mol. The van der Waals surface area contributed by atoms with E-state index in [0.29, 0.717) is 17.9 Å². The molecule has 25 heavy (non-hydrogen) atoms. The molecule has 0 N–H and O–H groups in total. The Morgan fingerprint density at radius 2 is 1.92 bits per heavy atom. The largest absolute Gasteiger partial charge is 0.493 e. The Morgan fingerprint density at radius 1 is 1.16 bits per heavy atom. The molecule has 1 aromatic carbocycles. The average molecular weight is 338 g/mol. The van der Waals surface area contributed by atoms with E-state index in [2.05, 4.69) is 24.9 Å². The third-order valence-electron chi connectivity index (χ3n) is 4.77. The molecule has 3 aromatic rings. The zero-order valence-corrected chi connectivity index (χ0v) is 15.7. The number of rotatable bonds is 5. The summed E-state index contributed by atoms with van der Waals surface area (Å²) < 4.78 is 7.66. The fraction of sp³-hybridized carbons (Fsp3) is 0.429. The first kappa shape index (κ1) is 17.5. The van der Waals surface area contributed by atoms with Crippen LogP contribution in [0.25, 0.3) is 21.7 Å². The van der Waals surface area contributed by atoms with Gasteiger partial charge in [0.25, 0.3) is 5.56 Å². The number of benzene rings is 1. The van der Waals surface area contributed by atoms with E-state index in [1.165, 1.54) is 0 Å². The highest BCUT2D eigenvalue weighted by Crippen LogP contribution is 2.29. The van der Waals surface area contributed by atoms with Gasteiger partial charge in [-0.05, 0) is 61.8 Å². The maximum absolute atomic E-state index is 12.9. The fourth-order valence-corrected chi connectivity index (χ4v) is 3.40. The Kier molecular flexibility index (Phi) is 4.80. The second-order valence-electron chi connectivity index (χ2n) is 7.20. The summed E-state index contributed by atoms with van der Waals surface area (Å²) in [5.74, 6) is 1.48. The van der Waals surface area contributed by atoms with E-state index in [4.69, 9.17) is 4.74 Å². The molecule has 0 bridgehead atoms. The van der Waals surface area contributed by atoms with Gasteiger partial charge in [0.1, 0.15) is 5.75 Å². The van der Waals surface area contributed by atoms with Crippen LogP contribution in [0.1, 0.15) is 37.9 Å². The van der Waals surface area contributed by atoms with E-state index in [1.807, 2.05) is 33.0 Å². The summed E-state index contributed by atoms with van der Waals surface area (Å²) in [4.78, 5) is 17.2. The van der Waals surface area contributed by atoms with Crippen molar-refractivity contribution in [2.45, 2.75) is 40.5 Å². The van der Waals surface area contributed by atoms with Gasteiger partial charge in [-0.25, -0.2) is 0 Å². The van der Waals surface area contributed by atoms with Crippen molar-refractivity contribution in [3.05, 3.63) is 46.0 Å². The van der Waals surface area contributed by atoms with Crippen molar-refractivity contribution in [3.8, 4) is 5.75 Å². The third kappa shape index (κ3) is 3.26. The number of aryl methyl sites for hydroxylation is 3. The summed E-state index contributed by atoms with van der Waals surface area (Å²) >= 11 is 0. The Bertz CT molecular complexity index is 987. The summed E-state index contributed by atoms with van der Waals surface area (Å²) in [6.45, 7) is 9.09. The Balaban J connectivity index is 2.10. The van der Waals surface area contributed by atoms with Crippen LogP contribution in [0.15, 0.2) is 29.2 Å². The van der Waals surface area contributed by atoms with Gasteiger partial charge < -0.3 is 9.30 Å². The molecule has 0 amide bonds. The predicted octanol–water partition coefficient (Wildman–Crippen LogP) is 4.52. The Hall–Kier alpha value is -2.36. The molecule has 0 atom stereocenters. The maximum Gasteiger partial charge on any atom is 0.258 e. The van der Waals surface area contributed by atoms with E-state index in [1.54, 1.807) is 10.8 Å². The Labute approximate surface area is 148 Å². The molecule has 0 aliphatic carbocycles. The lowest BCUT2D eigenvalue weighted by atomic mass is 10.0. The van der Waals surface area contributed by atoms with Gasteiger partial charge in [0.15, 0.2) is 0 Å². The number of nitrogens with zero attached hydrogens (tertiary/aromatic N) is 2. The van der Waals surface area contributed by atoms with Crippen LogP contribution in [-0.2, 0) is 7.05 Å². The Morgan fingerprint density at radius 3 is 2.64 bits per heavy atom. The summed E-state index contributed by atoms with van der Waals surface area (Å²) in [6, 6.07) is 5.95. The van der Waals surface area contributed by atoms with E-state index < -0.39 is 0 Å². The van der Waals surface area contributed by atoms with Gasteiger partial charge in [-0.1, -0.05) is 13.8 Å². The molecule has 0 saturated heterocycles. The second-order valence-corrected chi connectivity index (χ2v) is 7.20. The van der Waals surface area contributed by atoms with Crippen LogP contribution in [0.2, 0.25) is 0 Å². The first-order valence-corrected chi connectivity index (χ1v) is 8.91. The van der Waals surface area contributed by atoms with Gasteiger partial charge >= 0.3 is 0 Å². The molecule has 0 saturated carbocycles. The van der Waals surface area contributed by atoms with Crippen LogP contribution in [0.3, 0.4) is 0 Å². The van der Waals surface area contributed by atoms with Crippen molar-refractivity contribution < 1.29 is 4.74 Å². The molecular formula is C21H26N2O2. The highest BCUT2D eigenvalue weighted by Gasteiger charge is 2.13. The highest BCUT2D eigenvalue weighted by molar-refractivity contribution is 6.06. The predicted molar refractivity (Wildman–Crippen MR) is 104 cm³/mol. The standard InChI is InChI=1S/C21H26N2O2/c1-13(2)7-6-10-25-19-12-18-17(11-14(19)3)16-8-9-22-15(4)20(16)23(5)21(18)24/h8-9,11-13H,6-7,10H2,1-5H3. The molecule has 0 fully saturated rings. The fourth-order valence-electron chi connectivity index (χ4n) is 3.40. The monoisotopic (exact) mass is 338 g/mol. The summed E-state index contributed by atoms with van der Waals surface area (Å²) in [6.07, 6.45) is 3.97. The number of hydrogen-bond donors (Lipinski definition) is 0. The molecule has 0 radical (unpaired) electrons. The molecule has 4 heteroatoms. The van der Waals surface area contributed by atoms with Crippen LogP contribution in [0, 0.1) is 19.8 Å². The van der Waals surface area contributed by atoms with Gasteiger partial charge in [-0.2, -0.15) is 0 Å². The number of ether oxygens (including phenoxy) is 1. The van der Waals surface area contributed by atoms with Gasteiger partial charge in [-0.15, -0.1) is 0 Å². The van der Waals surface area contributed by atoms with Crippen LogP contribution in [-0.4, -0.2) is 16.2 Å². The lowest BCUT2D eigenvalue weighted by Gasteiger charge is -2.14. The van der Waals surface area contributed by atoms with Gasteiger partial charge in [0.2, 0.25) is 0 Å². The zero-order valence-electron chi connectivity index (χ0n) is 15.7. The van der Waals surface area contributed by atoms with Crippen LogP contribution < -0.4 is 10.3 Å². The van der Waals surface area contributed by atoms with Crippen LogP contribution in [0.5, 0.6) is 5.75 Å². The summed E-state index contributed by atoms with van der Waals surface area (Å²) in [5, 5.41) is 2.72. The van der Waals surface area contributed by atoms with Crippen LogP contribution in [0.4, 0.5) is 0 Å². The molecule has 2 aromatic heterocycles. The molecule has 3 rings (SSSR count). The van der Waals surface area contributed by atoms with E-state index >= 15 is 0 Å². The van der Waals surface area contributed by atoms with Crippen molar-refractivity contribution in [2.75, 3.05) is 6.61 Å². The molecule has 0 spiro atoms. The average Bonchev–Trinajstić information content (AvgIpc) is 2.57. The number of hydrogen-bond acceptors (Lipinski definition) is 3. The number of pyridine rings is 2. The minimum Gasteiger partial charge on any atom is -0.493 e. The quantitative estimate of drug-likeness (QED) is 0.507. The SMILES string of the molecule is Cc1cc2c(cc1OCCCC(C)C)c(=O)n(C)c1c(C)nccc21. The zero-order chi connectivity index (χ0) is 18.1. The van der Waals surface area contributed by atoms with Gasteiger partial charge in [0, 0.05) is 18.6 Å². The van der Waals surface area contributed by atoms with E-state index in [0.717, 1.165) is 46.1 Å². The normalized spacial score (nSPS) is 11.6. The van der Waals surface area contributed by atoms with Gasteiger partial charge in [0.05, 0.1) is 23.2 Å².